The normalized spacial score (nSPS) is 52.9. The smallest absolute Gasteiger partial charge is 0.186 e. The van der Waals surface area contributed by atoms with Crippen molar-refractivity contribution in [1.29, 1.82) is 0 Å². The van der Waals surface area contributed by atoms with Gasteiger partial charge in [-0.15, -0.1) is 0 Å². The number of hydrogen-bond acceptors (Lipinski definition) is 14. The van der Waals surface area contributed by atoms with Gasteiger partial charge in [0.05, 0.1) is 19.8 Å². The molecule has 9 N–H and O–H groups in total. The second-order valence-corrected chi connectivity index (χ2v) is 7.48. The van der Waals surface area contributed by atoms with Gasteiger partial charge in [-0.2, -0.15) is 0 Å². The Morgan fingerprint density at radius 2 is 1.23 bits per heavy atom. The highest BCUT2D eigenvalue weighted by Gasteiger charge is 2.48. The predicted octanol–water partition coefficient (Wildman–Crippen LogP) is -6.29. The van der Waals surface area contributed by atoms with Crippen molar-refractivity contribution in [3.05, 3.63) is 0 Å². The second-order valence-electron chi connectivity index (χ2n) is 7.48. The van der Waals surface area contributed by atoms with Crippen LogP contribution >= 0.6 is 0 Å². The van der Waals surface area contributed by atoms with Crippen molar-refractivity contribution in [1.82, 2.24) is 0 Å². The molecular formula is C16H28O14. The van der Waals surface area contributed by atoms with Gasteiger partial charge in [-0.25, -0.2) is 0 Å². The summed E-state index contributed by atoms with van der Waals surface area (Å²) in [5.41, 5.74) is 0. The van der Waals surface area contributed by atoms with Gasteiger partial charge in [-0.05, 0) is 0 Å². The van der Waals surface area contributed by atoms with Crippen molar-refractivity contribution in [2.45, 2.75) is 79.9 Å². The summed E-state index contributed by atoms with van der Waals surface area (Å²) in [6, 6.07) is 0. The summed E-state index contributed by atoms with van der Waals surface area (Å²) in [5, 5.41) is 88.2. The molecule has 0 aromatic rings. The van der Waals surface area contributed by atoms with Crippen LogP contribution in [0.5, 0.6) is 0 Å². The molecule has 0 aromatic heterocycles. The van der Waals surface area contributed by atoms with Crippen molar-refractivity contribution < 1.29 is 69.6 Å². The minimum Gasteiger partial charge on any atom is -0.388 e. The maximum absolute atomic E-state index is 10.3. The molecule has 14 heteroatoms. The lowest BCUT2D eigenvalue weighted by atomic mass is 9.99. The maximum atomic E-state index is 10.3. The van der Waals surface area contributed by atoms with Gasteiger partial charge in [0, 0.05) is 0 Å². The molecule has 176 valence electrons. The van der Waals surface area contributed by atoms with Gasteiger partial charge in [0.25, 0.3) is 0 Å². The monoisotopic (exact) mass is 444 g/mol. The van der Waals surface area contributed by atoms with E-state index in [-0.39, 0.29) is 13.2 Å². The first kappa shape index (κ1) is 24.1. The zero-order valence-corrected chi connectivity index (χ0v) is 15.7. The molecule has 3 rings (SSSR count). The highest BCUT2D eigenvalue weighted by molar-refractivity contribution is 4.91. The highest BCUT2D eigenvalue weighted by atomic mass is 16.8. The van der Waals surface area contributed by atoms with E-state index in [1.54, 1.807) is 0 Å². The maximum Gasteiger partial charge on any atom is 0.186 e. The van der Waals surface area contributed by atoms with Gasteiger partial charge in [0.2, 0.25) is 0 Å². The molecule has 0 amide bonds. The number of aliphatic hydroxyl groups excluding tert-OH is 9. The Hall–Kier alpha value is -0.560. The number of aliphatic hydroxyl groups is 9. The molecule has 30 heavy (non-hydrogen) atoms. The Balaban J connectivity index is 1.64. The zero-order valence-electron chi connectivity index (χ0n) is 15.7. The van der Waals surface area contributed by atoms with Gasteiger partial charge in [-0.1, -0.05) is 0 Å². The van der Waals surface area contributed by atoms with Crippen LogP contribution in [0, 0.1) is 0 Å². The summed E-state index contributed by atoms with van der Waals surface area (Å²) in [6.45, 7) is -1.19. The fraction of sp³-hybridized carbons (Fsp3) is 1.00. The first-order chi connectivity index (χ1) is 14.1. The van der Waals surface area contributed by atoms with Gasteiger partial charge >= 0.3 is 0 Å². The minimum absolute atomic E-state index is 0.348. The lowest BCUT2D eigenvalue weighted by Gasteiger charge is -2.43. The second kappa shape index (κ2) is 9.93. The van der Waals surface area contributed by atoms with Crippen molar-refractivity contribution in [3.63, 3.8) is 0 Å². The number of hydrogen-bond donors (Lipinski definition) is 9. The number of rotatable bonds is 5. The van der Waals surface area contributed by atoms with Crippen LogP contribution in [0.25, 0.3) is 0 Å². The van der Waals surface area contributed by atoms with E-state index < -0.39 is 86.5 Å². The van der Waals surface area contributed by atoms with E-state index in [1.807, 2.05) is 0 Å². The Labute approximate surface area is 170 Å². The van der Waals surface area contributed by atoms with Gasteiger partial charge < -0.3 is 69.6 Å². The van der Waals surface area contributed by atoms with E-state index >= 15 is 0 Å². The molecule has 0 saturated carbocycles. The van der Waals surface area contributed by atoms with Gasteiger partial charge in [0.1, 0.15) is 61.0 Å². The largest absolute Gasteiger partial charge is 0.388 e. The molecule has 0 unspecified atom stereocenters. The molecule has 0 bridgehead atoms. The van der Waals surface area contributed by atoms with E-state index in [0.717, 1.165) is 0 Å². The summed E-state index contributed by atoms with van der Waals surface area (Å²) in [4.78, 5) is 0. The summed E-state index contributed by atoms with van der Waals surface area (Å²) < 4.78 is 26.2. The van der Waals surface area contributed by atoms with Crippen molar-refractivity contribution in [3.8, 4) is 0 Å². The number of ether oxygens (including phenoxy) is 5. The third-order valence-corrected chi connectivity index (χ3v) is 5.29. The van der Waals surface area contributed by atoms with E-state index in [1.165, 1.54) is 0 Å². The molecule has 0 radical (unpaired) electrons. The summed E-state index contributed by atoms with van der Waals surface area (Å²) in [5.74, 6) is 0. The minimum atomic E-state index is -1.78. The fourth-order valence-corrected chi connectivity index (χ4v) is 3.37. The zero-order chi connectivity index (χ0) is 22.2. The standard InChI is InChI=1S/C16H28O14/c17-4-1-26-15(12(24)7(4)19)30-13-8(20)5(18)2-27-16(13)28-3-6-9(21)10(22)11(23)14(25)29-6/h4-25H,1-3H2/t4-,5-,6-,7+,8+,9-,10+,11-,12-,13-,14-,15-,16-/m1/s1. The van der Waals surface area contributed by atoms with E-state index in [9.17, 15) is 46.0 Å². The van der Waals surface area contributed by atoms with E-state index in [4.69, 9.17) is 23.7 Å². The van der Waals surface area contributed by atoms with Gasteiger partial charge in [0.15, 0.2) is 18.9 Å². The van der Waals surface area contributed by atoms with Crippen LogP contribution in [-0.4, -0.2) is 146 Å². The Bertz CT molecular complexity index is 552. The molecule has 13 atom stereocenters. The van der Waals surface area contributed by atoms with Crippen LogP contribution in [-0.2, 0) is 23.7 Å². The van der Waals surface area contributed by atoms with Crippen LogP contribution < -0.4 is 0 Å². The summed E-state index contributed by atoms with van der Waals surface area (Å²) in [6.07, 6.45) is -19.9. The van der Waals surface area contributed by atoms with E-state index in [2.05, 4.69) is 0 Å². The predicted molar refractivity (Wildman–Crippen MR) is 89.2 cm³/mol. The Kier molecular flexibility index (Phi) is 7.97. The highest BCUT2D eigenvalue weighted by Crippen LogP contribution is 2.27. The van der Waals surface area contributed by atoms with Crippen LogP contribution in [0.3, 0.4) is 0 Å². The molecule has 3 aliphatic rings. The molecule has 14 nitrogen and oxygen atoms in total. The van der Waals surface area contributed by atoms with Crippen LogP contribution in [0.2, 0.25) is 0 Å². The van der Waals surface area contributed by atoms with Crippen molar-refractivity contribution in [2.75, 3.05) is 19.8 Å². The lowest BCUT2D eigenvalue weighted by molar-refractivity contribution is -0.351. The van der Waals surface area contributed by atoms with Crippen LogP contribution in [0.1, 0.15) is 0 Å². The van der Waals surface area contributed by atoms with Crippen molar-refractivity contribution >= 4 is 0 Å². The third kappa shape index (κ3) is 4.92. The average molecular weight is 444 g/mol. The molecular weight excluding hydrogens is 416 g/mol. The molecule has 3 aliphatic heterocycles. The SMILES string of the molecule is O[C@@H]1[C@@H](O)[C@H](O)O[C@H](CO[C@H]2OC[C@@H](O)[C@H](O)[C@H]2O[C@H]2OC[C@@H](O)[C@H](O)[C@H]2O)[C@H]1O. The van der Waals surface area contributed by atoms with Crippen LogP contribution in [0.15, 0.2) is 0 Å². The first-order valence-electron chi connectivity index (χ1n) is 9.40. The van der Waals surface area contributed by atoms with Gasteiger partial charge in [-0.3, -0.25) is 0 Å². The molecule has 3 saturated heterocycles. The van der Waals surface area contributed by atoms with Crippen LogP contribution in [0.4, 0.5) is 0 Å². The molecule has 0 aromatic carbocycles. The molecule has 3 heterocycles. The Morgan fingerprint density at radius 3 is 1.90 bits per heavy atom. The Morgan fingerprint density at radius 1 is 0.633 bits per heavy atom. The summed E-state index contributed by atoms with van der Waals surface area (Å²) >= 11 is 0. The molecule has 3 fully saturated rings. The lowest BCUT2D eigenvalue weighted by Crippen LogP contribution is -2.61. The third-order valence-electron chi connectivity index (χ3n) is 5.29. The van der Waals surface area contributed by atoms with E-state index in [0.29, 0.717) is 0 Å². The quantitative estimate of drug-likeness (QED) is 0.192. The summed E-state index contributed by atoms with van der Waals surface area (Å²) in [7, 11) is 0. The topological polar surface area (TPSA) is 228 Å². The average Bonchev–Trinajstić information content (AvgIpc) is 2.72. The van der Waals surface area contributed by atoms with Crippen molar-refractivity contribution in [2.24, 2.45) is 0 Å². The first-order valence-corrected chi connectivity index (χ1v) is 9.40. The fourth-order valence-electron chi connectivity index (χ4n) is 3.37. The molecule has 0 aliphatic carbocycles. The molecule has 0 spiro atoms.